The molecule has 3 aromatic rings. The standard InChI is InChI=1S/C26H26N4O4/c1-15(2)33-22-9-7-17(12-18(22)14-27)26-28-25(29-34-26)21-5-3-4-20-19(21)8-6-16-13-23(32)30(10-11-31)24(16)20/h3-5,7,9,12,15-16,24,31H,6,8,10-11,13H2,1-2H3. The average molecular weight is 459 g/mol. The van der Waals surface area contributed by atoms with E-state index >= 15 is 0 Å². The smallest absolute Gasteiger partial charge is 0.258 e. The van der Waals surface area contributed by atoms with E-state index in [1.165, 1.54) is 0 Å². The van der Waals surface area contributed by atoms with Gasteiger partial charge in [0.2, 0.25) is 11.7 Å². The second kappa shape index (κ2) is 8.92. The maximum atomic E-state index is 12.5. The molecular weight excluding hydrogens is 432 g/mol. The van der Waals surface area contributed by atoms with Gasteiger partial charge in [-0.3, -0.25) is 4.79 Å². The lowest BCUT2D eigenvalue weighted by Crippen LogP contribution is -2.33. The van der Waals surface area contributed by atoms with E-state index in [9.17, 15) is 15.2 Å². The van der Waals surface area contributed by atoms with Crippen molar-refractivity contribution in [2.45, 2.75) is 45.3 Å². The van der Waals surface area contributed by atoms with E-state index in [0.717, 1.165) is 29.5 Å². The first kappa shape index (κ1) is 22.1. The largest absolute Gasteiger partial charge is 0.490 e. The lowest BCUT2D eigenvalue weighted by Gasteiger charge is -2.34. The van der Waals surface area contributed by atoms with Gasteiger partial charge in [-0.15, -0.1) is 0 Å². The molecule has 1 aliphatic heterocycles. The fraction of sp³-hybridized carbons (Fsp3) is 0.385. The summed E-state index contributed by atoms with van der Waals surface area (Å²) in [6.45, 7) is 4.11. The summed E-state index contributed by atoms with van der Waals surface area (Å²) in [5, 5.41) is 23.2. The summed E-state index contributed by atoms with van der Waals surface area (Å²) in [4.78, 5) is 19.0. The minimum Gasteiger partial charge on any atom is -0.490 e. The number of aliphatic hydroxyl groups excluding tert-OH is 1. The molecule has 0 spiro atoms. The number of aliphatic hydroxyl groups is 1. The number of hydrogen-bond acceptors (Lipinski definition) is 7. The molecule has 34 heavy (non-hydrogen) atoms. The van der Waals surface area contributed by atoms with Crippen molar-refractivity contribution in [3.8, 4) is 34.7 Å². The normalized spacial score (nSPS) is 19.1. The summed E-state index contributed by atoms with van der Waals surface area (Å²) >= 11 is 0. The Morgan fingerprint density at radius 1 is 1.32 bits per heavy atom. The van der Waals surface area contributed by atoms with Gasteiger partial charge in [-0.1, -0.05) is 23.4 Å². The van der Waals surface area contributed by atoms with Crippen LogP contribution in [0.2, 0.25) is 0 Å². The molecule has 0 saturated carbocycles. The molecule has 1 aromatic heterocycles. The highest BCUT2D eigenvalue weighted by atomic mass is 16.5. The molecule has 8 nitrogen and oxygen atoms in total. The Hall–Kier alpha value is -3.70. The van der Waals surface area contributed by atoms with Crippen molar-refractivity contribution in [1.82, 2.24) is 15.0 Å². The van der Waals surface area contributed by atoms with Crippen LogP contribution >= 0.6 is 0 Å². The van der Waals surface area contributed by atoms with Crippen LogP contribution in [0.15, 0.2) is 40.9 Å². The molecule has 1 aliphatic carbocycles. The topological polar surface area (TPSA) is 112 Å². The van der Waals surface area contributed by atoms with Crippen LogP contribution in [0.5, 0.6) is 5.75 Å². The first-order valence-corrected chi connectivity index (χ1v) is 11.6. The maximum absolute atomic E-state index is 12.5. The summed E-state index contributed by atoms with van der Waals surface area (Å²) in [5.74, 6) is 1.68. The Balaban J connectivity index is 1.49. The predicted octanol–water partition coefficient (Wildman–Crippen LogP) is 3.89. The predicted molar refractivity (Wildman–Crippen MR) is 124 cm³/mol. The minimum atomic E-state index is -0.0517. The number of benzene rings is 2. The highest BCUT2D eigenvalue weighted by Gasteiger charge is 2.43. The number of likely N-dealkylation sites (tertiary alicyclic amines) is 1. The average Bonchev–Trinajstić information content (AvgIpc) is 3.44. The van der Waals surface area contributed by atoms with Gasteiger partial charge in [-0.2, -0.15) is 10.2 Å². The number of amides is 1. The fourth-order valence-corrected chi connectivity index (χ4v) is 5.17. The van der Waals surface area contributed by atoms with Gasteiger partial charge in [0, 0.05) is 24.1 Å². The van der Waals surface area contributed by atoms with Gasteiger partial charge in [-0.05, 0) is 61.9 Å². The van der Waals surface area contributed by atoms with E-state index in [0.29, 0.717) is 41.6 Å². The van der Waals surface area contributed by atoms with Gasteiger partial charge in [0.25, 0.3) is 5.89 Å². The summed E-state index contributed by atoms with van der Waals surface area (Å²) in [7, 11) is 0. The minimum absolute atomic E-state index is 0.0265. The third-order valence-corrected chi connectivity index (χ3v) is 6.55. The van der Waals surface area contributed by atoms with E-state index in [-0.39, 0.29) is 30.6 Å². The van der Waals surface area contributed by atoms with Crippen LogP contribution < -0.4 is 4.74 Å². The van der Waals surface area contributed by atoms with E-state index in [4.69, 9.17) is 9.26 Å². The lowest BCUT2D eigenvalue weighted by molar-refractivity contribution is -0.129. The number of ether oxygens (including phenoxy) is 1. The molecule has 174 valence electrons. The van der Waals surface area contributed by atoms with Crippen LogP contribution in [0, 0.1) is 17.2 Å². The molecule has 2 atom stereocenters. The number of rotatable bonds is 6. The number of hydrogen-bond donors (Lipinski definition) is 1. The van der Waals surface area contributed by atoms with Crippen LogP contribution in [-0.4, -0.2) is 45.3 Å². The van der Waals surface area contributed by atoms with E-state index in [1.54, 1.807) is 23.1 Å². The van der Waals surface area contributed by atoms with Crippen LogP contribution in [-0.2, 0) is 11.2 Å². The SMILES string of the molecule is CC(C)Oc1ccc(-c2nc(-c3cccc4c3CCC3CC(=O)N(CCO)C43)no2)cc1C#N. The molecule has 2 unspecified atom stereocenters. The van der Waals surface area contributed by atoms with Gasteiger partial charge in [0.1, 0.15) is 11.8 Å². The number of fused-ring (bicyclic) bond motifs is 3. The zero-order valence-corrected chi connectivity index (χ0v) is 19.2. The van der Waals surface area contributed by atoms with E-state index < -0.39 is 0 Å². The summed E-state index contributed by atoms with van der Waals surface area (Å²) in [6, 6.07) is 13.4. The molecular formula is C26H26N4O4. The number of nitrogens with zero attached hydrogens (tertiary/aromatic N) is 4. The summed E-state index contributed by atoms with van der Waals surface area (Å²) in [5.41, 5.74) is 4.15. The molecule has 0 radical (unpaired) electrons. The molecule has 2 aliphatic rings. The second-order valence-corrected chi connectivity index (χ2v) is 9.04. The van der Waals surface area contributed by atoms with E-state index in [1.807, 2.05) is 26.0 Å². The van der Waals surface area contributed by atoms with E-state index in [2.05, 4.69) is 22.3 Å². The van der Waals surface area contributed by atoms with Gasteiger partial charge in [-0.25, -0.2) is 0 Å². The molecule has 1 amide bonds. The first-order chi connectivity index (χ1) is 16.5. The molecule has 2 aromatic carbocycles. The number of carbonyl (C=O) groups excluding carboxylic acids is 1. The van der Waals surface area contributed by atoms with Crippen molar-refractivity contribution < 1.29 is 19.2 Å². The Labute approximate surface area is 197 Å². The fourth-order valence-electron chi connectivity index (χ4n) is 5.17. The molecule has 2 heterocycles. The number of nitriles is 1. The molecule has 1 saturated heterocycles. The van der Waals surface area contributed by atoms with Crippen LogP contribution in [0.3, 0.4) is 0 Å². The number of β-amino-alcohol motifs (C(OH)–C–C–N with tert-alkyl or cyclic N) is 1. The molecule has 8 heteroatoms. The Morgan fingerprint density at radius 2 is 2.18 bits per heavy atom. The van der Waals surface area contributed by atoms with Crippen molar-refractivity contribution in [3.05, 3.63) is 53.1 Å². The third kappa shape index (κ3) is 3.82. The first-order valence-electron chi connectivity index (χ1n) is 11.6. The zero-order chi connectivity index (χ0) is 23.8. The molecule has 1 fully saturated rings. The number of carbonyl (C=O) groups is 1. The quantitative estimate of drug-likeness (QED) is 0.596. The second-order valence-electron chi connectivity index (χ2n) is 9.04. The number of aromatic nitrogens is 2. The summed E-state index contributed by atoms with van der Waals surface area (Å²) in [6.07, 6.45) is 2.21. The van der Waals surface area contributed by atoms with Crippen molar-refractivity contribution in [1.29, 1.82) is 5.26 Å². The van der Waals surface area contributed by atoms with Crippen molar-refractivity contribution in [2.24, 2.45) is 5.92 Å². The van der Waals surface area contributed by atoms with Crippen molar-refractivity contribution in [2.75, 3.05) is 13.2 Å². The van der Waals surface area contributed by atoms with Crippen LogP contribution in [0.1, 0.15) is 49.4 Å². The zero-order valence-electron chi connectivity index (χ0n) is 19.2. The highest BCUT2D eigenvalue weighted by Crippen LogP contribution is 2.47. The summed E-state index contributed by atoms with van der Waals surface area (Å²) < 4.78 is 11.3. The Morgan fingerprint density at radius 3 is 2.94 bits per heavy atom. The lowest BCUT2D eigenvalue weighted by atomic mass is 9.78. The van der Waals surface area contributed by atoms with Crippen molar-refractivity contribution in [3.63, 3.8) is 0 Å². The molecule has 1 N–H and O–H groups in total. The third-order valence-electron chi connectivity index (χ3n) is 6.55. The molecule has 0 bridgehead atoms. The maximum Gasteiger partial charge on any atom is 0.258 e. The van der Waals surface area contributed by atoms with Gasteiger partial charge in [0.05, 0.1) is 24.3 Å². The van der Waals surface area contributed by atoms with Gasteiger partial charge in [0.15, 0.2) is 0 Å². The highest BCUT2D eigenvalue weighted by molar-refractivity contribution is 5.80. The Bertz CT molecular complexity index is 1280. The van der Waals surface area contributed by atoms with Gasteiger partial charge >= 0.3 is 0 Å². The monoisotopic (exact) mass is 458 g/mol. The van der Waals surface area contributed by atoms with Gasteiger partial charge < -0.3 is 19.3 Å². The van der Waals surface area contributed by atoms with Crippen LogP contribution in [0.25, 0.3) is 22.8 Å². The molecule has 5 rings (SSSR count). The van der Waals surface area contributed by atoms with Crippen molar-refractivity contribution >= 4 is 5.91 Å². The Kier molecular flexibility index (Phi) is 5.80. The van der Waals surface area contributed by atoms with Crippen LogP contribution in [0.4, 0.5) is 0 Å².